The highest BCUT2D eigenvalue weighted by Gasteiger charge is 2.26. The van der Waals surface area contributed by atoms with Crippen molar-refractivity contribution in [3.8, 4) is 11.5 Å². The number of amides is 1. The first-order chi connectivity index (χ1) is 20.6. The number of carbonyl (C=O) groups excluding carboxylic acids is 1. The molecule has 0 aromatic heterocycles. The molecule has 3 aromatic carbocycles. The minimum Gasteiger partial charge on any atom is -0.507 e. The van der Waals surface area contributed by atoms with Gasteiger partial charge in [-0.05, 0) is 57.1 Å². The van der Waals surface area contributed by atoms with Crippen LogP contribution in [0.25, 0.3) is 0 Å². The van der Waals surface area contributed by atoms with Crippen molar-refractivity contribution in [1.82, 2.24) is 0 Å². The monoisotopic (exact) mass is 610 g/mol. The number of nitrogens with one attached hydrogen (secondary N) is 2. The van der Waals surface area contributed by atoms with E-state index in [2.05, 4.69) is 106 Å². The van der Waals surface area contributed by atoms with Crippen LogP contribution in [0.15, 0.2) is 46.4 Å². The zero-order valence-corrected chi connectivity index (χ0v) is 29.0. The molecule has 0 atom stereocenters. The molecule has 1 aliphatic heterocycles. The molecule has 4 rings (SSSR count). The second kappa shape index (κ2) is 11.7. The SMILES string of the molecule is CC(C)(C)c1cc(C=Nc2cc3c(cc2N=Cc2cc(C(C)(C)C)cc(C(C)(C)C)c2O)NC(=O)CN3)c(O)c(C(C)(C)C)c1. The van der Waals surface area contributed by atoms with Gasteiger partial charge in [-0.2, -0.15) is 0 Å². The highest BCUT2D eigenvalue weighted by molar-refractivity contribution is 6.03. The van der Waals surface area contributed by atoms with Gasteiger partial charge in [-0.15, -0.1) is 0 Å². The van der Waals surface area contributed by atoms with E-state index in [9.17, 15) is 15.0 Å². The summed E-state index contributed by atoms with van der Waals surface area (Å²) < 4.78 is 0. The van der Waals surface area contributed by atoms with Crippen molar-refractivity contribution in [2.45, 2.75) is 105 Å². The molecular formula is C38H50N4O3. The Morgan fingerprint density at radius 3 is 1.38 bits per heavy atom. The normalized spacial score (nSPS) is 14.5. The van der Waals surface area contributed by atoms with Crippen molar-refractivity contribution in [2.24, 2.45) is 9.98 Å². The Bertz CT molecular complexity index is 1690. The average molecular weight is 611 g/mol. The van der Waals surface area contributed by atoms with Gasteiger partial charge in [0, 0.05) is 34.7 Å². The Hall–Kier alpha value is -4.13. The quantitative estimate of drug-likeness (QED) is 0.221. The highest BCUT2D eigenvalue weighted by atomic mass is 16.3. The molecule has 240 valence electrons. The molecule has 0 saturated carbocycles. The Labute approximate surface area is 268 Å². The molecule has 0 aliphatic carbocycles. The number of aromatic hydroxyl groups is 2. The fourth-order valence-electron chi connectivity index (χ4n) is 5.20. The molecule has 4 N–H and O–H groups in total. The van der Waals surface area contributed by atoms with Crippen LogP contribution in [0.4, 0.5) is 22.7 Å². The van der Waals surface area contributed by atoms with E-state index in [4.69, 9.17) is 9.98 Å². The summed E-state index contributed by atoms with van der Waals surface area (Å²) in [6.07, 6.45) is 3.34. The van der Waals surface area contributed by atoms with Gasteiger partial charge in [0.25, 0.3) is 0 Å². The van der Waals surface area contributed by atoms with Crippen molar-refractivity contribution in [3.05, 3.63) is 69.8 Å². The van der Waals surface area contributed by atoms with Gasteiger partial charge in [0.15, 0.2) is 0 Å². The predicted molar refractivity (Wildman–Crippen MR) is 189 cm³/mol. The third-order valence-corrected chi connectivity index (χ3v) is 8.14. The second-order valence-electron chi connectivity index (χ2n) is 16.2. The molecule has 0 unspecified atom stereocenters. The number of phenolic OH excluding ortho intramolecular Hbond substituents is 2. The van der Waals surface area contributed by atoms with Crippen molar-refractivity contribution in [2.75, 3.05) is 17.2 Å². The minimum absolute atomic E-state index is 0.130. The summed E-state index contributed by atoms with van der Waals surface area (Å²) in [5, 5.41) is 28.7. The fraction of sp³-hybridized carbons (Fsp3) is 0.447. The van der Waals surface area contributed by atoms with Gasteiger partial charge in [-0.25, -0.2) is 0 Å². The van der Waals surface area contributed by atoms with E-state index in [-0.39, 0.29) is 45.6 Å². The first-order valence-electron chi connectivity index (χ1n) is 15.6. The Kier molecular flexibility index (Phi) is 8.75. The lowest BCUT2D eigenvalue weighted by Crippen LogP contribution is -2.27. The summed E-state index contributed by atoms with van der Waals surface area (Å²) in [5.41, 5.74) is 6.70. The number of carbonyl (C=O) groups is 1. The number of benzene rings is 3. The molecule has 0 radical (unpaired) electrons. The average Bonchev–Trinajstić information content (AvgIpc) is 2.89. The lowest BCUT2D eigenvalue weighted by atomic mass is 9.79. The van der Waals surface area contributed by atoms with Crippen LogP contribution < -0.4 is 10.6 Å². The van der Waals surface area contributed by atoms with E-state index in [0.717, 1.165) is 27.9 Å². The van der Waals surface area contributed by atoms with E-state index in [0.29, 0.717) is 28.2 Å². The Morgan fingerprint density at radius 1 is 0.600 bits per heavy atom. The standard InChI is InChI=1S/C38H50N4O3/c1-35(2,3)24-13-22(33(44)26(15-24)37(7,8)9)19-39-28-17-30-31(42-32(43)21-41-30)18-29(28)40-20-23-14-25(36(4,5)6)16-27(34(23)45)38(10,11)12/h13-20,41,44-45H,21H2,1-12H3,(H,42,43). The minimum atomic E-state index is -0.277. The molecule has 1 aliphatic rings. The van der Waals surface area contributed by atoms with Crippen molar-refractivity contribution in [1.29, 1.82) is 0 Å². The maximum absolute atomic E-state index is 12.2. The van der Waals surface area contributed by atoms with Gasteiger partial charge in [0.05, 0.1) is 29.3 Å². The predicted octanol–water partition coefficient (Wildman–Crippen LogP) is 9.15. The van der Waals surface area contributed by atoms with Crippen LogP contribution >= 0.6 is 0 Å². The maximum Gasteiger partial charge on any atom is 0.243 e. The van der Waals surface area contributed by atoms with E-state index in [1.807, 2.05) is 18.2 Å². The van der Waals surface area contributed by atoms with Crippen molar-refractivity contribution in [3.63, 3.8) is 0 Å². The van der Waals surface area contributed by atoms with Crippen LogP contribution in [0.1, 0.15) is 116 Å². The first-order valence-corrected chi connectivity index (χ1v) is 15.6. The summed E-state index contributed by atoms with van der Waals surface area (Å²) >= 11 is 0. The number of hydrogen-bond acceptors (Lipinski definition) is 6. The topological polar surface area (TPSA) is 106 Å². The molecule has 1 heterocycles. The van der Waals surface area contributed by atoms with Gasteiger partial charge in [0.2, 0.25) is 5.91 Å². The molecule has 45 heavy (non-hydrogen) atoms. The van der Waals surface area contributed by atoms with E-state index in [1.54, 1.807) is 18.5 Å². The number of fused-ring (bicyclic) bond motifs is 1. The van der Waals surface area contributed by atoms with Crippen LogP contribution in [0, 0.1) is 0 Å². The molecule has 0 spiro atoms. The second-order valence-corrected chi connectivity index (χ2v) is 16.2. The van der Waals surface area contributed by atoms with Crippen LogP contribution in [-0.2, 0) is 26.5 Å². The molecule has 0 bridgehead atoms. The van der Waals surface area contributed by atoms with Crippen molar-refractivity contribution >= 4 is 41.1 Å². The molecule has 1 amide bonds. The molecule has 0 fully saturated rings. The number of phenols is 2. The zero-order valence-electron chi connectivity index (χ0n) is 29.0. The number of hydrogen-bond donors (Lipinski definition) is 4. The van der Waals surface area contributed by atoms with Gasteiger partial charge >= 0.3 is 0 Å². The first kappa shape index (κ1) is 33.8. The summed E-state index contributed by atoms with van der Waals surface area (Å²) in [6.45, 7) is 25.5. The lowest BCUT2D eigenvalue weighted by Gasteiger charge is -2.27. The molecule has 3 aromatic rings. The lowest BCUT2D eigenvalue weighted by molar-refractivity contribution is -0.114. The summed E-state index contributed by atoms with van der Waals surface area (Å²) in [6, 6.07) is 11.7. The smallest absolute Gasteiger partial charge is 0.243 e. The maximum atomic E-state index is 12.2. The van der Waals surface area contributed by atoms with Crippen LogP contribution in [0.5, 0.6) is 11.5 Å². The molecule has 7 nitrogen and oxygen atoms in total. The van der Waals surface area contributed by atoms with Crippen LogP contribution in [0.2, 0.25) is 0 Å². The van der Waals surface area contributed by atoms with Gasteiger partial charge in [-0.3, -0.25) is 14.8 Å². The zero-order chi connectivity index (χ0) is 33.7. The number of anilines is 2. The highest BCUT2D eigenvalue weighted by Crippen LogP contribution is 2.41. The van der Waals surface area contributed by atoms with Crippen LogP contribution in [-0.4, -0.2) is 35.1 Å². The van der Waals surface area contributed by atoms with Gasteiger partial charge < -0.3 is 20.8 Å². The van der Waals surface area contributed by atoms with Gasteiger partial charge in [0.1, 0.15) is 11.5 Å². The number of rotatable bonds is 4. The number of nitrogens with zero attached hydrogens (tertiary/aromatic N) is 2. The summed E-state index contributed by atoms with van der Waals surface area (Å²) in [5.74, 6) is 0.250. The van der Waals surface area contributed by atoms with Gasteiger partial charge in [-0.1, -0.05) is 95.2 Å². The van der Waals surface area contributed by atoms with E-state index in [1.165, 1.54) is 0 Å². The summed E-state index contributed by atoms with van der Waals surface area (Å²) in [4.78, 5) is 21.9. The summed E-state index contributed by atoms with van der Waals surface area (Å²) in [7, 11) is 0. The largest absolute Gasteiger partial charge is 0.507 e. The molecular weight excluding hydrogens is 560 g/mol. The molecule has 7 heteroatoms. The number of aliphatic imine (C=N–C) groups is 2. The van der Waals surface area contributed by atoms with E-state index < -0.39 is 0 Å². The Balaban J connectivity index is 1.89. The fourth-order valence-corrected chi connectivity index (χ4v) is 5.20. The van der Waals surface area contributed by atoms with E-state index >= 15 is 0 Å². The third-order valence-electron chi connectivity index (χ3n) is 8.14. The van der Waals surface area contributed by atoms with Crippen molar-refractivity contribution < 1.29 is 15.0 Å². The third kappa shape index (κ3) is 7.58. The van der Waals surface area contributed by atoms with Crippen LogP contribution in [0.3, 0.4) is 0 Å². The molecule has 0 saturated heterocycles. The Morgan fingerprint density at radius 2 is 1.00 bits per heavy atom.